The van der Waals surface area contributed by atoms with Gasteiger partial charge < -0.3 is 14.5 Å². The number of rotatable bonds is 10. The Morgan fingerprint density at radius 1 is 1.33 bits per heavy atom. The van der Waals surface area contributed by atoms with Gasteiger partial charge in [0.15, 0.2) is 0 Å². The standard InChI is InChI=1S/C10H20NO6P/c1-4-10(12)15-7-5-8-16-18(13,14)17-9-6-11(2)3/h4H,1,5-9H2,2-3H3,(H,13,14). The molecule has 0 aromatic heterocycles. The summed E-state index contributed by atoms with van der Waals surface area (Å²) in [6.07, 6.45) is 1.35. The molecule has 1 atom stereocenters. The molecule has 8 heteroatoms. The second-order valence-corrected chi connectivity index (χ2v) is 5.12. The largest absolute Gasteiger partial charge is 0.472 e. The van der Waals surface area contributed by atoms with Gasteiger partial charge in [-0.25, -0.2) is 9.36 Å². The summed E-state index contributed by atoms with van der Waals surface area (Å²) < 4.78 is 25.4. The molecule has 1 unspecified atom stereocenters. The second-order valence-electron chi connectivity index (χ2n) is 3.66. The smallest absolute Gasteiger partial charge is 0.462 e. The highest BCUT2D eigenvalue weighted by molar-refractivity contribution is 7.47. The molecule has 0 radical (unpaired) electrons. The average molecular weight is 281 g/mol. The number of hydrogen-bond donors (Lipinski definition) is 1. The molecule has 0 rings (SSSR count). The van der Waals surface area contributed by atoms with E-state index in [0.29, 0.717) is 13.0 Å². The molecule has 0 aliphatic heterocycles. The zero-order chi connectivity index (χ0) is 14.0. The van der Waals surface area contributed by atoms with Gasteiger partial charge in [-0.1, -0.05) is 6.58 Å². The van der Waals surface area contributed by atoms with Crippen LogP contribution in [0.5, 0.6) is 0 Å². The zero-order valence-electron chi connectivity index (χ0n) is 10.7. The minimum atomic E-state index is -4.01. The number of nitrogens with zero attached hydrogens (tertiary/aromatic N) is 1. The van der Waals surface area contributed by atoms with Crippen molar-refractivity contribution in [1.29, 1.82) is 0 Å². The van der Waals surface area contributed by atoms with Gasteiger partial charge in [-0.2, -0.15) is 0 Å². The fraction of sp³-hybridized carbons (Fsp3) is 0.700. The van der Waals surface area contributed by atoms with E-state index in [2.05, 4.69) is 15.8 Å². The van der Waals surface area contributed by atoms with E-state index < -0.39 is 13.8 Å². The van der Waals surface area contributed by atoms with Crippen molar-refractivity contribution in [3.8, 4) is 0 Å². The first-order valence-corrected chi connectivity index (χ1v) is 6.93. The van der Waals surface area contributed by atoms with E-state index in [1.54, 1.807) is 0 Å². The molecule has 0 fully saturated rings. The van der Waals surface area contributed by atoms with Crippen LogP contribution < -0.4 is 0 Å². The van der Waals surface area contributed by atoms with E-state index in [1.807, 2.05) is 19.0 Å². The highest BCUT2D eigenvalue weighted by Crippen LogP contribution is 2.42. The first kappa shape index (κ1) is 17.3. The Balaban J connectivity index is 3.61. The molecule has 0 aromatic carbocycles. The third kappa shape index (κ3) is 10.4. The van der Waals surface area contributed by atoms with E-state index in [4.69, 9.17) is 4.52 Å². The van der Waals surface area contributed by atoms with Crippen molar-refractivity contribution in [2.24, 2.45) is 0 Å². The minimum Gasteiger partial charge on any atom is -0.462 e. The summed E-state index contributed by atoms with van der Waals surface area (Å²) in [4.78, 5) is 21.7. The fourth-order valence-electron chi connectivity index (χ4n) is 0.847. The first-order valence-electron chi connectivity index (χ1n) is 5.43. The van der Waals surface area contributed by atoms with Gasteiger partial charge in [0.05, 0.1) is 19.8 Å². The van der Waals surface area contributed by atoms with Gasteiger partial charge in [0.1, 0.15) is 0 Å². The van der Waals surface area contributed by atoms with Crippen LogP contribution in [0.3, 0.4) is 0 Å². The van der Waals surface area contributed by atoms with Crippen molar-refractivity contribution in [3.63, 3.8) is 0 Å². The maximum Gasteiger partial charge on any atom is 0.472 e. The Hall–Kier alpha value is -0.720. The molecule has 18 heavy (non-hydrogen) atoms. The molecular weight excluding hydrogens is 261 g/mol. The van der Waals surface area contributed by atoms with Crippen molar-refractivity contribution in [3.05, 3.63) is 12.7 Å². The van der Waals surface area contributed by atoms with Crippen LogP contribution in [0.4, 0.5) is 0 Å². The summed E-state index contributed by atoms with van der Waals surface area (Å²) in [5.41, 5.74) is 0. The molecule has 0 spiro atoms. The molecule has 0 aliphatic carbocycles. The van der Waals surface area contributed by atoms with Crippen LogP contribution in [0.2, 0.25) is 0 Å². The lowest BCUT2D eigenvalue weighted by Gasteiger charge is -2.14. The lowest BCUT2D eigenvalue weighted by Crippen LogP contribution is -2.17. The lowest BCUT2D eigenvalue weighted by molar-refractivity contribution is -0.137. The zero-order valence-corrected chi connectivity index (χ0v) is 11.6. The van der Waals surface area contributed by atoms with Crippen LogP contribution in [0.1, 0.15) is 6.42 Å². The quantitative estimate of drug-likeness (QED) is 0.274. The number of carbonyl (C=O) groups excluding carboxylic acids is 1. The number of ether oxygens (including phenoxy) is 1. The molecule has 0 aliphatic rings. The van der Waals surface area contributed by atoms with E-state index in [1.165, 1.54) is 0 Å². The first-order chi connectivity index (χ1) is 8.37. The Morgan fingerprint density at radius 3 is 2.50 bits per heavy atom. The maximum atomic E-state index is 11.3. The van der Waals surface area contributed by atoms with Crippen LogP contribution in [0.25, 0.3) is 0 Å². The van der Waals surface area contributed by atoms with Crippen LogP contribution in [-0.4, -0.2) is 56.2 Å². The van der Waals surface area contributed by atoms with Crippen molar-refractivity contribution in [1.82, 2.24) is 4.90 Å². The third-order valence-electron chi connectivity index (χ3n) is 1.75. The predicted octanol–water partition coefficient (Wildman–Crippen LogP) is 0.801. The Bertz CT molecular complexity index is 307. The number of carbonyl (C=O) groups is 1. The van der Waals surface area contributed by atoms with Crippen LogP contribution in [-0.2, 0) is 23.1 Å². The number of likely N-dealkylation sites (N-methyl/N-ethyl adjacent to an activating group) is 1. The monoisotopic (exact) mass is 281 g/mol. The van der Waals surface area contributed by atoms with Gasteiger partial charge >= 0.3 is 13.8 Å². The van der Waals surface area contributed by atoms with Crippen molar-refractivity contribution < 1.29 is 28.0 Å². The Kier molecular flexibility index (Phi) is 8.87. The van der Waals surface area contributed by atoms with Crippen LogP contribution in [0, 0.1) is 0 Å². The molecule has 0 saturated heterocycles. The van der Waals surface area contributed by atoms with E-state index in [0.717, 1.165) is 6.08 Å². The van der Waals surface area contributed by atoms with Crippen molar-refractivity contribution in [2.75, 3.05) is 40.5 Å². The number of hydrogen-bond acceptors (Lipinski definition) is 6. The van der Waals surface area contributed by atoms with Gasteiger partial charge in [0.2, 0.25) is 0 Å². The molecule has 7 nitrogen and oxygen atoms in total. The van der Waals surface area contributed by atoms with Gasteiger partial charge in [-0.15, -0.1) is 0 Å². The van der Waals surface area contributed by atoms with Gasteiger partial charge in [-0.05, 0) is 14.1 Å². The topological polar surface area (TPSA) is 85.3 Å². The lowest BCUT2D eigenvalue weighted by atomic mass is 10.5. The number of esters is 1. The summed E-state index contributed by atoms with van der Waals surface area (Å²) in [6, 6.07) is 0. The molecule has 1 N–H and O–H groups in total. The van der Waals surface area contributed by atoms with Crippen LogP contribution in [0.15, 0.2) is 12.7 Å². The fourth-order valence-corrected chi connectivity index (χ4v) is 1.59. The average Bonchev–Trinajstić information content (AvgIpc) is 2.27. The molecule has 0 bridgehead atoms. The van der Waals surface area contributed by atoms with Crippen molar-refractivity contribution in [2.45, 2.75) is 6.42 Å². The summed E-state index contributed by atoms with van der Waals surface area (Å²) >= 11 is 0. The second kappa shape index (κ2) is 9.24. The van der Waals surface area contributed by atoms with E-state index >= 15 is 0 Å². The Morgan fingerprint density at radius 2 is 1.94 bits per heavy atom. The highest BCUT2D eigenvalue weighted by Gasteiger charge is 2.20. The number of phosphoric acid groups is 1. The van der Waals surface area contributed by atoms with Crippen molar-refractivity contribution >= 4 is 13.8 Å². The van der Waals surface area contributed by atoms with Gasteiger partial charge in [-0.3, -0.25) is 9.05 Å². The summed E-state index contributed by atoms with van der Waals surface area (Å²) in [7, 11) is -0.367. The molecule has 0 saturated carbocycles. The maximum absolute atomic E-state index is 11.3. The molecule has 0 amide bonds. The molecule has 0 aromatic rings. The summed E-state index contributed by atoms with van der Waals surface area (Å²) in [5, 5.41) is 0. The SMILES string of the molecule is C=CC(=O)OCCCOP(=O)(O)OCCN(C)C. The van der Waals surface area contributed by atoms with Gasteiger partial charge in [0.25, 0.3) is 0 Å². The van der Waals surface area contributed by atoms with E-state index in [-0.39, 0.29) is 19.8 Å². The van der Waals surface area contributed by atoms with E-state index in [9.17, 15) is 14.3 Å². The van der Waals surface area contributed by atoms with Crippen LogP contribution >= 0.6 is 7.82 Å². The molecule has 106 valence electrons. The van der Waals surface area contributed by atoms with Gasteiger partial charge in [0, 0.05) is 19.0 Å². The summed E-state index contributed by atoms with van der Waals surface area (Å²) in [5.74, 6) is -0.538. The number of phosphoric ester groups is 1. The predicted molar refractivity (Wildman–Crippen MR) is 66.1 cm³/mol. The normalized spacial score (nSPS) is 14.2. The highest BCUT2D eigenvalue weighted by atomic mass is 31.2. The molecule has 0 heterocycles. The minimum absolute atomic E-state index is 0.0276. The summed E-state index contributed by atoms with van der Waals surface area (Å²) in [6.45, 7) is 3.93. The Labute approximate surface area is 107 Å². The molecular formula is C10H20NO6P. The third-order valence-corrected chi connectivity index (χ3v) is 2.76.